The lowest BCUT2D eigenvalue weighted by Gasteiger charge is -2.13. The normalized spacial score (nSPS) is 10.7. The molecule has 7 heteroatoms. The molecule has 0 aliphatic carbocycles. The Labute approximate surface area is 116 Å². The van der Waals surface area contributed by atoms with Crippen LogP contribution in [0.25, 0.3) is 0 Å². The van der Waals surface area contributed by atoms with Gasteiger partial charge in [-0.2, -0.15) is 0 Å². The van der Waals surface area contributed by atoms with Crippen LogP contribution in [0.15, 0.2) is 4.34 Å². The van der Waals surface area contributed by atoms with E-state index in [0.717, 1.165) is 28.9 Å². The minimum absolute atomic E-state index is 0.0638. The van der Waals surface area contributed by atoms with Crippen LogP contribution < -0.4 is 10.6 Å². The van der Waals surface area contributed by atoms with Gasteiger partial charge in [0.1, 0.15) is 0 Å². The molecule has 0 atom stereocenters. The zero-order chi connectivity index (χ0) is 13.4. The largest absolute Gasteiger partial charge is 0.360 e. The number of nitrogens with zero attached hydrogens (tertiary/aromatic N) is 2. The van der Waals surface area contributed by atoms with E-state index >= 15 is 0 Å². The highest BCUT2D eigenvalue weighted by Gasteiger charge is 2.10. The van der Waals surface area contributed by atoms with E-state index < -0.39 is 0 Å². The standard InChI is InChI=1S/C11H20N4OS2/c1-4-8(5-2)13-9(16)7-17-11-15-14-10(18-11)12-6-3/h8H,4-7H2,1-3H3,(H,12,14)(H,13,16). The van der Waals surface area contributed by atoms with Crippen LogP contribution in [0.1, 0.15) is 33.6 Å². The highest BCUT2D eigenvalue weighted by molar-refractivity contribution is 8.01. The SMILES string of the molecule is CCNc1nnc(SCC(=O)NC(CC)CC)s1. The van der Waals surface area contributed by atoms with Crippen molar-refractivity contribution in [3.8, 4) is 0 Å². The quantitative estimate of drug-likeness (QED) is 0.719. The van der Waals surface area contributed by atoms with E-state index in [1.165, 1.54) is 23.1 Å². The highest BCUT2D eigenvalue weighted by atomic mass is 32.2. The van der Waals surface area contributed by atoms with Crippen molar-refractivity contribution in [2.75, 3.05) is 17.6 Å². The maximum Gasteiger partial charge on any atom is 0.230 e. The molecular formula is C11H20N4OS2. The Hall–Kier alpha value is -0.820. The predicted octanol–water partition coefficient (Wildman–Crippen LogP) is 2.37. The lowest BCUT2D eigenvalue weighted by molar-refractivity contribution is -0.119. The second kappa shape index (κ2) is 8.31. The third-order valence-electron chi connectivity index (χ3n) is 2.41. The van der Waals surface area contributed by atoms with Crippen LogP contribution in [-0.2, 0) is 4.79 Å². The molecule has 102 valence electrons. The summed E-state index contributed by atoms with van der Waals surface area (Å²) in [5.41, 5.74) is 0. The van der Waals surface area contributed by atoms with E-state index in [1.54, 1.807) is 0 Å². The zero-order valence-corrected chi connectivity index (χ0v) is 12.7. The Morgan fingerprint density at radius 1 is 1.33 bits per heavy atom. The average Bonchev–Trinajstić information content (AvgIpc) is 2.82. The molecular weight excluding hydrogens is 268 g/mol. The Morgan fingerprint density at radius 3 is 2.67 bits per heavy atom. The summed E-state index contributed by atoms with van der Waals surface area (Å²) in [6.07, 6.45) is 1.94. The maximum atomic E-state index is 11.7. The average molecular weight is 288 g/mol. The van der Waals surface area contributed by atoms with Gasteiger partial charge in [0.05, 0.1) is 5.75 Å². The van der Waals surface area contributed by atoms with E-state index in [1.807, 2.05) is 6.92 Å². The number of thioether (sulfide) groups is 1. The molecule has 0 spiro atoms. The molecule has 0 bridgehead atoms. The molecule has 0 radical (unpaired) electrons. The number of carbonyl (C=O) groups is 1. The summed E-state index contributed by atoms with van der Waals surface area (Å²) in [5.74, 6) is 0.464. The van der Waals surface area contributed by atoms with E-state index in [4.69, 9.17) is 0 Å². The predicted molar refractivity (Wildman–Crippen MR) is 77.3 cm³/mol. The van der Waals surface area contributed by atoms with Crippen LogP contribution >= 0.6 is 23.1 Å². The summed E-state index contributed by atoms with van der Waals surface area (Å²) in [6.45, 7) is 7.00. The van der Waals surface area contributed by atoms with E-state index in [-0.39, 0.29) is 11.9 Å². The smallest absolute Gasteiger partial charge is 0.230 e. The molecule has 0 aliphatic rings. The number of rotatable bonds is 8. The number of hydrogen-bond acceptors (Lipinski definition) is 6. The van der Waals surface area contributed by atoms with Crippen LogP contribution in [0.3, 0.4) is 0 Å². The Morgan fingerprint density at radius 2 is 2.06 bits per heavy atom. The molecule has 1 heterocycles. The van der Waals surface area contributed by atoms with Gasteiger partial charge in [-0.15, -0.1) is 10.2 Å². The van der Waals surface area contributed by atoms with Crippen molar-refractivity contribution in [3.63, 3.8) is 0 Å². The summed E-state index contributed by atoms with van der Waals surface area (Å²) >= 11 is 2.91. The van der Waals surface area contributed by atoms with Crippen molar-refractivity contribution in [1.29, 1.82) is 0 Å². The summed E-state index contributed by atoms with van der Waals surface area (Å²) < 4.78 is 0.825. The molecule has 0 saturated heterocycles. The number of carbonyl (C=O) groups excluding carboxylic acids is 1. The molecule has 1 aromatic rings. The van der Waals surface area contributed by atoms with Gasteiger partial charge in [-0.25, -0.2) is 0 Å². The van der Waals surface area contributed by atoms with E-state index in [9.17, 15) is 4.79 Å². The van der Waals surface area contributed by atoms with Crippen LogP contribution in [-0.4, -0.2) is 34.4 Å². The molecule has 0 saturated carbocycles. The molecule has 0 aliphatic heterocycles. The van der Waals surface area contributed by atoms with Crippen molar-refractivity contribution in [1.82, 2.24) is 15.5 Å². The first-order valence-electron chi connectivity index (χ1n) is 6.19. The molecule has 0 fully saturated rings. The molecule has 1 rings (SSSR count). The van der Waals surface area contributed by atoms with Crippen LogP contribution in [0.5, 0.6) is 0 Å². The molecule has 1 aromatic heterocycles. The van der Waals surface area contributed by atoms with Crippen LogP contribution in [0.4, 0.5) is 5.13 Å². The Kier molecular flexibility index (Phi) is 7.04. The van der Waals surface area contributed by atoms with Gasteiger partial charge in [-0.3, -0.25) is 4.79 Å². The Bertz CT molecular complexity index is 366. The number of hydrogen-bond donors (Lipinski definition) is 2. The summed E-state index contributed by atoms with van der Waals surface area (Å²) in [5, 5.41) is 14.9. The number of anilines is 1. The molecule has 0 unspecified atom stereocenters. The van der Waals surface area contributed by atoms with E-state index in [2.05, 4.69) is 34.7 Å². The monoisotopic (exact) mass is 288 g/mol. The van der Waals surface area contributed by atoms with E-state index in [0.29, 0.717) is 5.75 Å². The molecule has 0 aromatic carbocycles. The van der Waals surface area contributed by atoms with Crippen molar-refractivity contribution in [2.24, 2.45) is 0 Å². The fraction of sp³-hybridized carbons (Fsp3) is 0.727. The summed E-state index contributed by atoms with van der Waals surface area (Å²) in [4.78, 5) is 11.7. The summed E-state index contributed by atoms with van der Waals surface area (Å²) in [6, 6.07) is 0.282. The minimum atomic E-state index is 0.0638. The number of aromatic nitrogens is 2. The first kappa shape index (κ1) is 15.2. The number of amides is 1. The van der Waals surface area contributed by atoms with Crippen LogP contribution in [0, 0.1) is 0 Å². The van der Waals surface area contributed by atoms with Gasteiger partial charge in [-0.1, -0.05) is 36.9 Å². The van der Waals surface area contributed by atoms with Gasteiger partial charge in [0, 0.05) is 12.6 Å². The van der Waals surface area contributed by atoms with Gasteiger partial charge in [0.15, 0.2) is 4.34 Å². The molecule has 1 amide bonds. The van der Waals surface area contributed by atoms with Crippen LogP contribution in [0.2, 0.25) is 0 Å². The second-order valence-corrected chi connectivity index (χ2v) is 5.97. The van der Waals surface area contributed by atoms with Gasteiger partial charge in [0.25, 0.3) is 0 Å². The lowest BCUT2D eigenvalue weighted by atomic mass is 10.2. The third-order valence-corrected chi connectivity index (χ3v) is 4.43. The topological polar surface area (TPSA) is 66.9 Å². The van der Waals surface area contributed by atoms with Crippen molar-refractivity contribution < 1.29 is 4.79 Å². The third kappa shape index (κ3) is 5.22. The van der Waals surface area contributed by atoms with Gasteiger partial charge >= 0.3 is 0 Å². The lowest BCUT2D eigenvalue weighted by Crippen LogP contribution is -2.34. The van der Waals surface area contributed by atoms with Gasteiger partial charge < -0.3 is 10.6 Å². The molecule has 18 heavy (non-hydrogen) atoms. The van der Waals surface area contributed by atoms with Gasteiger partial charge in [-0.05, 0) is 19.8 Å². The fourth-order valence-corrected chi connectivity index (χ4v) is 3.01. The van der Waals surface area contributed by atoms with Crippen molar-refractivity contribution in [3.05, 3.63) is 0 Å². The van der Waals surface area contributed by atoms with Gasteiger partial charge in [0.2, 0.25) is 11.0 Å². The highest BCUT2D eigenvalue weighted by Crippen LogP contribution is 2.24. The fourth-order valence-electron chi connectivity index (χ4n) is 1.38. The minimum Gasteiger partial charge on any atom is -0.360 e. The molecule has 2 N–H and O–H groups in total. The second-order valence-electron chi connectivity index (χ2n) is 3.77. The zero-order valence-electron chi connectivity index (χ0n) is 11.0. The Balaban J connectivity index is 2.32. The first-order valence-corrected chi connectivity index (χ1v) is 7.99. The first-order chi connectivity index (χ1) is 8.69. The molecule has 5 nitrogen and oxygen atoms in total. The maximum absolute atomic E-state index is 11.7. The summed E-state index contributed by atoms with van der Waals surface area (Å²) in [7, 11) is 0. The number of nitrogens with one attached hydrogen (secondary N) is 2. The van der Waals surface area contributed by atoms with Crippen molar-refractivity contribution in [2.45, 2.75) is 44.0 Å². The van der Waals surface area contributed by atoms with Crippen molar-refractivity contribution >= 4 is 34.1 Å².